The number of hydrogen-bond acceptors (Lipinski definition) is 5. The molecule has 0 saturated heterocycles. The third-order valence-corrected chi connectivity index (χ3v) is 4.43. The highest BCUT2D eigenvalue weighted by atomic mass is 16.5. The average molecular weight is 315 g/mol. The van der Waals surface area contributed by atoms with Crippen LogP contribution in [0.3, 0.4) is 0 Å². The van der Waals surface area contributed by atoms with Gasteiger partial charge in [0.05, 0.1) is 30.7 Å². The molecular formula is C17H21N3O3. The quantitative estimate of drug-likeness (QED) is 0.878. The number of methoxy groups -OCH3 is 1. The van der Waals surface area contributed by atoms with E-state index in [1.165, 1.54) is 26.4 Å². The molecule has 1 aromatic heterocycles. The van der Waals surface area contributed by atoms with Gasteiger partial charge in [-0.1, -0.05) is 30.5 Å². The van der Waals surface area contributed by atoms with Crippen LogP contribution in [0.25, 0.3) is 5.69 Å². The molecule has 0 atom stereocenters. The van der Waals surface area contributed by atoms with E-state index in [-0.39, 0.29) is 12.6 Å². The van der Waals surface area contributed by atoms with Crippen molar-refractivity contribution in [1.29, 1.82) is 0 Å². The van der Waals surface area contributed by atoms with Crippen molar-refractivity contribution < 1.29 is 14.6 Å². The van der Waals surface area contributed by atoms with E-state index in [0.717, 1.165) is 24.2 Å². The molecule has 2 aromatic rings. The minimum absolute atomic E-state index is 0.122. The Morgan fingerprint density at radius 1 is 1.35 bits per heavy atom. The number of ether oxygens (including phenoxy) is 1. The molecule has 1 heterocycles. The zero-order chi connectivity index (χ0) is 16.2. The Bertz CT molecular complexity index is 690. The van der Waals surface area contributed by atoms with Crippen molar-refractivity contribution in [2.75, 3.05) is 7.11 Å². The maximum absolute atomic E-state index is 11.7. The number of benzene rings is 1. The third kappa shape index (κ3) is 3.12. The van der Waals surface area contributed by atoms with Gasteiger partial charge in [0.25, 0.3) is 0 Å². The van der Waals surface area contributed by atoms with Gasteiger partial charge in [-0.25, -0.2) is 9.48 Å². The largest absolute Gasteiger partial charge is 0.465 e. The molecule has 23 heavy (non-hydrogen) atoms. The second-order valence-electron chi connectivity index (χ2n) is 5.87. The van der Waals surface area contributed by atoms with E-state index in [9.17, 15) is 9.90 Å². The minimum Gasteiger partial charge on any atom is -0.465 e. The van der Waals surface area contributed by atoms with Crippen LogP contribution in [0.1, 0.15) is 59.8 Å². The maximum Gasteiger partial charge on any atom is 0.337 e. The van der Waals surface area contributed by atoms with Crippen LogP contribution in [0.2, 0.25) is 0 Å². The van der Waals surface area contributed by atoms with Gasteiger partial charge in [0.2, 0.25) is 0 Å². The van der Waals surface area contributed by atoms with Gasteiger partial charge in [-0.3, -0.25) is 0 Å². The first kappa shape index (κ1) is 15.7. The number of hydrogen-bond donors (Lipinski definition) is 1. The molecule has 1 aromatic carbocycles. The lowest BCUT2D eigenvalue weighted by atomic mass is 9.86. The summed E-state index contributed by atoms with van der Waals surface area (Å²) in [5, 5.41) is 17.9. The fourth-order valence-electron chi connectivity index (χ4n) is 3.29. The first-order valence-electron chi connectivity index (χ1n) is 7.98. The Balaban J connectivity index is 2.02. The topological polar surface area (TPSA) is 77.2 Å². The monoisotopic (exact) mass is 315 g/mol. The molecule has 1 aliphatic carbocycles. The minimum atomic E-state index is -0.381. The lowest BCUT2D eigenvalue weighted by molar-refractivity contribution is 0.0600. The first-order chi connectivity index (χ1) is 11.2. The highest BCUT2D eigenvalue weighted by Gasteiger charge is 2.25. The van der Waals surface area contributed by atoms with Gasteiger partial charge >= 0.3 is 5.97 Å². The Labute approximate surface area is 135 Å². The summed E-state index contributed by atoms with van der Waals surface area (Å²) in [6, 6.07) is 7.13. The summed E-state index contributed by atoms with van der Waals surface area (Å²) in [5.74, 6) is -0.0313. The maximum atomic E-state index is 11.7. The number of aliphatic hydroxyl groups excluding tert-OH is 1. The van der Waals surface area contributed by atoms with Crippen LogP contribution in [-0.2, 0) is 11.3 Å². The number of aliphatic hydroxyl groups is 1. The van der Waals surface area contributed by atoms with Crippen LogP contribution < -0.4 is 0 Å². The molecule has 1 aliphatic rings. The van der Waals surface area contributed by atoms with E-state index in [1.54, 1.807) is 22.9 Å². The Hall–Kier alpha value is -2.21. The van der Waals surface area contributed by atoms with Crippen molar-refractivity contribution >= 4 is 5.97 Å². The SMILES string of the molecule is COC(=O)c1cccc(-n2nnc(CO)c2C2CCCCC2)c1. The van der Waals surface area contributed by atoms with Crippen molar-refractivity contribution in [3.8, 4) is 5.69 Å². The summed E-state index contributed by atoms with van der Waals surface area (Å²) in [4.78, 5) is 11.7. The van der Waals surface area contributed by atoms with Gasteiger partial charge in [-0.05, 0) is 31.0 Å². The van der Waals surface area contributed by atoms with Crippen molar-refractivity contribution in [2.45, 2.75) is 44.6 Å². The Morgan fingerprint density at radius 3 is 2.83 bits per heavy atom. The van der Waals surface area contributed by atoms with Crippen LogP contribution in [0.4, 0.5) is 0 Å². The van der Waals surface area contributed by atoms with Gasteiger partial charge in [0, 0.05) is 5.92 Å². The summed E-state index contributed by atoms with van der Waals surface area (Å²) in [5.41, 5.74) is 2.83. The highest BCUT2D eigenvalue weighted by Crippen LogP contribution is 2.35. The summed E-state index contributed by atoms with van der Waals surface area (Å²) >= 11 is 0. The molecule has 1 N–H and O–H groups in total. The van der Waals surface area contributed by atoms with Gasteiger partial charge in [0.1, 0.15) is 5.69 Å². The standard InChI is InChI=1S/C17H21N3O3/c1-23-17(22)13-8-5-9-14(10-13)20-16(15(11-21)18-19-20)12-6-3-2-4-7-12/h5,8-10,12,21H,2-4,6-7,11H2,1H3. The molecular weight excluding hydrogens is 294 g/mol. The number of carbonyl (C=O) groups is 1. The van der Waals surface area contributed by atoms with Gasteiger partial charge in [-0.15, -0.1) is 5.10 Å². The molecule has 1 fully saturated rings. The molecule has 3 rings (SSSR count). The smallest absolute Gasteiger partial charge is 0.337 e. The molecule has 6 heteroatoms. The average Bonchev–Trinajstić information content (AvgIpc) is 3.06. The molecule has 6 nitrogen and oxygen atoms in total. The normalized spacial score (nSPS) is 15.6. The summed E-state index contributed by atoms with van der Waals surface area (Å²) in [7, 11) is 1.36. The van der Waals surface area contributed by atoms with Crippen LogP contribution in [0.5, 0.6) is 0 Å². The van der Waals surface area contributed by atoms with E-state index in [0.29, 0.717) is 17.2 Å². The fourth-order valence-corrected chi connectivity index (χ4v) is 3.29. The second-order valence-corrected chi connectivity index (χ2v) is 5.87. The predicted octanol–water partition coefficient (Wildman–Crippen LogP) is 2.59. The summed E-state index contributed by atoms with van der Waals surface area (Å²) in [6.07, 6.45) is 5.78. The van der Waals surface area contributed by atoms with E-state index < -0.39 is 0 Å². The van der Waals surface area contributed by atoms with E-state index >= 15 is 0 Å². The molecule has 122 valence electrons. The van der Waals surface area contributed by atoms with Gasteiger partial charge in [0.15, 0.2) is 0 Å². The molecule has 0 spiro atoms. The first-order valence-corrected chi connectivity index (χ1v) is 7.98. The number of esters is 1. The molecule has 0 radical (unpaired) electrons. The third-order valence-electron chi connectivity index (χ3n) is 4.43. The van der Waals surface area contributed by atoms with Crippen LogP contribution in [-0.4, -0.2) is 33.2 Å². The zero-order valence-electron chi connectivity index (χ0n) is 13.2. The van der Waals surface area contributed by atoms with Crippen LogP contribution >= 0.6 is 0 Å². The predicted molar refractivity (Wildman–Crippen MR) is 84.4 cm³/mol. The zero-order valence-corrected chi connectivity index (χ0v) is 13.2. The number of nitrogens with zero attached hydrogens (tertiary/aromatic N) is 3. The highest BCUT2D eigenvalue weighted by molar-refractivity contribution is 5.89. The van der Waals surface area contributed by atoms with Crippen LogP contribution in [0, 0.1) is 0 Å². The number of carbonyl (C=O) groups excluding carboxylic acids is 1. The summed E-state index contributed by atoms with van der Waals surface area (Å²) in [6.45, 7) is -0.122. The van der Waals surface area contributed by atoms with E-state index in [1.807, 2.05) is 6.07 Å². The molecule has 0 unspecified atom stereocenters. The Morgan fingerprint density at radius 2 is 2.13 bits per heavy atom. The second kappa shape index (κ2) is 6.91. The molecule has 1 saturated carbocycles. The van der Waals surface area contributed by atoms with Crippen molar-refractivity contribution in [3.05, 3.63) is 41.2 Å². The fraction of sp³-hybridized carbons (Fsp3) is 0.471. The van der Waals surface area contributed by atoms with Gasteiger partial charge < -0.3 is 9.84 Å². The van der Waals surface area contributed by atoms with Crippen molar-refractivity contribution in [1.82, 2.24) is 15.0 Å². The number of aromatic nitrogens is 3. The number of rotatable bonds is 4. The molecule has 0 bridgehead atoms. The molecule has 0 amide bonds. The molecule has 0 aliphatic heterocycles. The Kier molecular flexibility index (Phi) is 4.71. The van der Waals surface area contributed by atoms with E-state index in [4.69, 9.17) is 4.74 Å². The van der Waals surface area contributed by atoms with Crippen LogP contribution in [0.15, 0.2) is 24.3 Å². The van der Waals surface area contributed by atoms with E-state index in [2.05, 4.69) is 10.3 Å². The summed E-state index contributed by atoms with van der Waals surface area (Å²) < 4.78 is 6.53. The lowest BCUT2D eigenvalue weighted by Gasteiger charge is -2.23. The lowest BCUT2D eigenvalue weighted by Crippen LogP contribution is -2.13. The van der Waals surface area contributed by atoms with Crippen molar-refractivity contribution in [2.24, 2.45) is 0 Å². The van der Waals surface area contributed by atoms with Gasteiger partial charge in [-0.2, -0.15) is 0 Å². The van der Waals surface area contributed by atoms with Crippen molar-refractivity contribution in [3.63, 3.8) is 0 Å².